The molecule has 0 amide bonds. The topological polar surface area (TPSA) is 29.5 Å². The van der Waals surface area contributed by atoms with Gasteiger partial charge < -0.3 is 9.84 Å². The van der Waals surface area contributed by atoms with Gasteiger partial charge in [0.25, 0.3) is 0 Å². The van der Waals surface area contributed by atoms with E-state index in [4.69, 9.17) is 4.74 Å². The molecule has 0 bridgehead atoms. The first-order valence-electron chi connectivity index (χ1n) is 12.9. The maximum Gasteiger partial charge on any atom is 0.134 e. The minimum absolute atomic E-state index is 0.00914. The third-order valence-electron chi connectivity index (χ3n) is 9.20. The van der Waals surface area contributed by atoms with Crippen LogP contribution < -0.4 is 0 Å². The van der Waals surface area contributed by atoms with E-state index in [1.54, 1.807) is 18.9 Å². The molecule has 5 aliphatic carbocycles. The molecule has 1 aromatic carbocycles. The first kappa shape index (κ1) is 22.3. The molecule has 0 saturated heterocycles. The van der Waals surface area contributed by atoms with Gasteiger partial charge in [-0.15, -0.1) is 11.8 Å². The lowest BCUT2D eigenvalue weighted by atomic mass is 9.56. The molecule has 2 saturated carbocycles. The van der Waals surface area contributed by atoms with E-state index in [-0.39, 0.29) is 11.3 Å². The van der Waals surface area contributed by atoms with E-state index >= 15 is 0 Å². The van der Waals surface area contributed by atoms with Crippen LogP contribution in [0.1, 0.15) is 68.9 Å². The summed E-state index contributed by atoms with van der Waals surface area (Å²) in [4.78, 5) is 1.15. The predicted molar refractivity (Wildman–Crippen MR) is 141 cm³/mol. The van der Waals surface area contributed by atoms with Crippen molar-refractivity contribution < 1.29 is 9.84 Å². The standard InChI is InChI=1S/C31H34O2S/c1-33-27-18-21-10-11-22(32)19-26-29(24(21)20-28(27)34-2)23-8-4-5-9-25(23)31(26)16-14-30(15-17-31)12-6-3-7-13-30/h4-5,8-9,18-22,32H,3,6-7,12-17H2,1-2H3. The third-order valence-corrected chi connectivity index (χ3v) is 9.96. The Hall–Kier alpha value is -2.15. The van der Waals surface area contributed by atoms with Gasteiger partial charge in [0.2, 0.25) is 0 Å². The number of fused-ring (bicyclic) bond motifs is 6. The van der Waals surface area contributed by atoms with Crippen LogP contribution in [0.2, 0.25) is 0 Å². The Labute approximate surface area is 208 Å². The summed E-state index contributed by atoms with van der Waals surface area (Å²) in [5.41, 5.74) is 7.24. The quantitative estimate of drug-likeness (QED) is 0.475. The summed E-state index contributed by atoms with van der Waals surface area (Å²) < 4.78 is 5.70. The highest BCUT2D eigenvalue weighted by atomic mass is 32.2. The summed E-state index contributed by atoms with van der Waals surface area (Å²) in [5.74, 6) is 7.30. The second kappa shape index (κ2) is 8.51. The highest BCUT2D eigenvalue weighted by molar-refractivity contribution is 8.02. The molecule has 2 nitrogen and oxygen atoms in total. The molecule has 3 heteroatoms. The van der Waals surface area contributed by atoms with E-state index in [0.29, 0.717) is 5.41 Å². The van der Waals surface area contributed by atoms with E-state index < -0.39 is 6.10 Å². The van der Waals surface area contributed by atoms with Crippen molar-refractivity contribution in [1.29, 1.82) is 0 Å². The maximum absolute atomic E-state index is 11.0. The first-order chi connectivity index (χ1) is 16.6. The second-order valence-electron chi connectivity index (χ2n) is 10.8. The Morgan fingerprint density at radius 3 is 2.47 bits per heavy atom. The first-order valence-corrected chi connectivity index (χ1v) is 14.1. The van der Waals surface area contributed by atoms with Crippen molar-refractivity contribution in [2.75, 3.05) is 13.4 Å². The molecular weight excluding hydrogens is 436 g/mol. The van der Waals surface area contributed by atoms with Gasteiger partial charge in [0, 0.05) is 10.3 Å². The average molecular weight is 471 g/mol. The van der Waals surface area contributed by atoms with Gasteiger partial charge in [-0.05, 0) is 96.3 Å². The van der Waals surface area contributed by atoms with Crippen molar-refractivity contribution in [1.82, 2.24) is 0 Å². The number of hydrogen-bond acceptors (Lipinski definition) is 3. The lowest BCUT2D eigenvalue weighted by molar-refractivity contribution is 0.0947. The van der Waals surface area contributed by atoms with Gasteiger partial charge in [0.15, 0.2) is 0 Å². The molecule has 0 radical (unpaired) electrons. The Morgan fingerprint density at radius 1 is 0.971 bits per heavy atom. The maximum atomic E-state index is 11.0. The van der Waals surface area contributed by atoms with Gasteiger partial charge in [0.1, 0.15) is 11.9 Å². The monoisotopic (exact) mass is 470 g/mol. The number of allylic oxidation sites excluding steroid dienone is 5. The van der Waals surface area contributed by atoms with Crippen molar-refractivity contribution in [2.24, 2.45) is 11.3 Å². The summed E-state index contributed by atoms with van der Waals surface area (Å²) in [6.07, 6.45) is 19.8. The van der Waals surface area contributed by atoms with Gasteiger partial charge in [0.05, 0.1) is 13.0 Å². The molecule has 34 heavy (non-hydrogen) atoms. The Bertz CT molecular complexity index is 1190. The van der Waals surface area contributed by atoms with Crippen molar-refractivity contribution >= 4 is 17.3 Å². The Balaban J connectivity index is 1.53. The number of benzene rings is 1. The highest BCUT2D eigenvalue weighted by Crippen LogP contribution is 2.63. The van der Waals surface area contributed by atoms with Gasteiger partial charge in [-0.2, -0.15) is 0 Å². The number of aliphatic hydroxyl groups excluding tert-OH is 1. The smallest absolute Gasteiger partial charge is 0.134 e. The van der Waals surface area contributed by atoms with E-state index in [2.05, 4.69) is 60.6 Å². The molecular formula is C31H34O2S. The van der Waals surface area contributed by atoms with E-state index in [1.165, 1.54) is 85.6 Å². The molecule has 0 aliphatic heterocycles. The van der Waals surface area contributed by atoms with E-state index in [0.717, 1.165) is 10.7 Å². The third kappa shape index (κ3) is 3.37. The zero-order valence-electron chi connectivity index (χ0n) is 20.3. The minimum atomic E-state index is -0.742. The van der Waals surface area contributed by atoms with Crippen LogP contribution in [0.3, 0.4) is 0 Å². The fourth-order valence-corrected chi connectivity index (χ4v) is 8.02. The summed E-state index contributed by atoms with van der Waals surface area (Å²) in [7, 11) is 1.73. The molecule has 2 atom stereocenters. The fourth-order valence-electron chi connectivity index (χ4n) is 7.42. The number of aliphatic hydroxyl groups is 1. The van der Waals surface area contributed by atoms with E-state index in [9.17, 15) is 5.11 Å². The van der Waals surface area contributed by atoms with Crippen LogP contribution in [0.5, 0.6) is 0 Å². The van der Waals surface area contributed by atoms with Crippen molar-refractivity contribution in [2.45, 2.75) is 69.3 Å². The molecule has 1 aromatic rings. The second-order valence-corrected chi connectivity index (χ2v) is 11.6. The molecule has 1 N–H and O–H groups in total. The average Bonchev–Trinajstić information content (AvgIpc) is 3.12. The fraction of sp³-hybridized carbons (Fsp3) is 0.484. The number of methoxy groups -OCH3 is 1. The van der Waals surface area contributed by atoms with Gasteiger partial charge in [-0.25, -0.2) is 0 Å². The zero-order chi connectivity index (χ0) is 23.3. The minimum Gasteiger partial charge on any atom is -0.496 e. The summed E-state index contributed by atoms with van der Waals surface area (Å²) in [6, 6.07) is 9.02. The molecule has 5 aliphatic rings. The molecule has 2 unspecified atom stereocenters. The highest BCUT2D eigenvalue weighted by Gasteiger charge is 2.51. The number of ether oxygens (including phenoxy) is 1. The Morgan fingerprint density at radius 2 is 1.74 bits per heavy atom. The van der Waals surface area contributed by atoms with Crippen LogP contribution in [-0.2, 0) is 10.2 Å². The number of rotatable bonds is 2. The van der Waals surface area contributed by atoms with Crippen LogP contribution in [-0.4, -0.2) is 24.6 Å². The van der Waals surface area contributed by atoms with E-state index in [1.807, 2.05) is 0 Å². The molecule has 2 spiro atoms. The van der Waals surface area contributed by atoms with Crippen molar-refractivity contribution in [3.05, 3.63) is 75.4 Å². The predicted octanol–water partition coefficient (Wildman–Crippen LogP) is 6.93. The zero-order valence-corrected chi connectivity index (χ0v) is 21.1. The lowest BCUT2D eigenvalue weighted by Crippen LogP contribution is -2.38. The molecule has 0 aromatic heterocycles. The van der Waals surface area contributed by atoms with Crippen LogP contribution in [0.4, 0.5) is 0 Å². The van der Waals surface area contributed by atoms with Crippen LogP contribution in [0, 0.1) is 23.2 Å². The largest absolute Gasteiger partial charge is 0.496 e. The van der Waals surface area contributed by atoms with Crippen LogP contribution in [0.25, 0.3) is 5.57 Å². The molecule has 176 valence electrons. The van der Waals surface area contributed by atoms with Crippen molar-refractivity contribution in [3.8, 4) is 11.8 Å². The number of thioether (sulfide) groups is 1. The molecule has 0 heterocycles. The normalized spacial score (nSPS) is 28.4. The van der Waals surface area contributed by atoms with Gasteiger partial charge in [-0.3, -0.25) is 0 Å². The Kier molecular flexibility index (Phi) is 5.58. The summed E-state index contributed by atoms with van der Waals surface area (Å²) >= 11 is 1.72. The SMILES string of the molecule is COC1=CC2C#CC(O)C=C3C(=C2C=C1SC)c1ccccc1C31CCC2(CCCCC2)CC1. The number of hydrogen-bond donors (Lipinski definition) is 1. The summed E-state index contributed by atoms with van der Waals surface area (Å²) in [5, 5.41) is 11.0. The van der Waals surface area contributed by atoms with Crippen molar-refractivity contribution in [3.63, 3.8) is 0 Å². The van der Waals surface area contributed by atoms with Crippen LogP contribution in [0.15, 0.2) is 64.3 Å². The van der Waals surface area contributed by atoms with Crippen LogP contribution >= 0.6 is 11.8 Å². The van der Waals surface area contributed by atoms with Gasteiger partial charge >= 0.3 is 0 Å². The molecule has 6 rings (SSSR count). The summed E-state index contributed by atoms with van der Waals surface area (Å²) in [6.45, 7) is 0. The molecule has 2 fully saturated rings. The van der Waals surface area contributed by atoms with Gasteiger partial charge in [-0.1, -0.05) is 55.4 Å². The lowest BCUT2D eigenvalue weighted by Gasteiger charge is -2.48.